The Labute approximate surface area is 152 Å². The van der Waals surface area contributed by atoms with Gasteiger partial charge in [0.05, 0.1) is 5.56 Å². The number of benzene rings is 2. The third-order valence-electron chi connectivity index (χ3n) is 4.55. The number of phenols is 2. The van der Waals surface area contributed by atoms with Crippen LogP contribution in [0.2, 0.25) is 0 Å². The largest absolute Gasteiger partial charge is 0.508 e. The van der Waals surface area contributed by atoms with Crippen LogP contribution in [0.1, 0.15) is 28.0 Å². The SMILES string of the molecule is Nc1ccc(C2=C(c3ccc(O)cc3)Cc3c2cc(O)cc3C(F)(F)F)o1. The monoisotopic (exact) mass is 373 g/mol. The molecule has 0 saturated heterocycles. The van der Waals surface area contributed by atoms with E-state index in [4.69, 9.17) is 10.2 Å². The van der Waals surface area contributed by atoms with Gasteiger partial charge in [0, 0.05) is 18.1 Å². The first-order valence-electron chi connectivity index (χ1n) is 8.05. The molecule has 4 N–H and O–H groups in total. The van der Waals surface area contributed by atoms with Crippen molar-refractivity contribution < 1.29 is 27.8 Å². The highest BCUT2D eigenvalue weighted by atomic mass is 19.4. The van der Waals surface area contributed by atoms with E-state index in [1.165, 1.54) is 24.3 Å². The van der Waals surface area contributed by atoms with E-state index < -0.39 is 17.5 Å². The van der Waals surface area contributed by atoms with Gasteiger partial charge in [-0.15, -0.1) is 0 Å². The van der Waals surface area contributed by atoms with Gasteiger partial charge >= 0.3 is 6.18 Å². The molecule has 0 saturated carbocycles. The molecule has 3 aromatic rings. The van der Waals surface area contributed by atoms with Gasteiger partial charge in [-0.05, 0) is 52.6 Å². The maximum absolute atomic E-state index is 13.5. The van der Waals surface area contributed by atoms with Gasteiger partial charge in [0.25, 0.3) is 0 Å². The average molecular weight is 373 g/mol. The maximum atomic E-state index is 13.5. The first-order chi connectivity index (χ1) is 12.7. The van der Waals surface area contributed by atoms with Crippen molar-refractivity contribution in [2.45, 2.75) is 12.6 Å². The number of hydrogen-bond donors (Lipinski definition) is 3. The fraction of sp³-hybridized carbons (Fsp3) is 0.100. The number of nitrogen functional groups attached to an aromatic ring is 1. The van der Waals surface area contributed by atoms with Gasteiger partial charge in [-0.2, -0.15) is 13.2 Å². The molecule has 1 aliphatic rings. The highest BCUT2D eigenvalue weighted by molar-refractivity contribution is 6.03. The van der Waals surface area contributed by atoms with Crippen LogP contribution >= 0.6 is 0 Å². The standard InChI is InChI=1S/C20H14F3NO3/c21-20(22,23)16-8-12(26)7-15-14(16)9-13(10-1-3-11(25)4-2-10)19(15)17-5-6-18(24)27-17/h1-8,25-26H,9,24H2. The Morgan fingerprint density at radius 3 is 2.22 bits per heavy atom. The van der Waals surface area contributed by atoms with Gasteiger partial charge in [0.2, 0.25) is 0 Å². The number of rotatable bonds is 2. The normalized spacial score (nSPS) is 13.9. The topological polar surface area (TPSA) is 79.6 Å². The molecule has 27 heavy (non-hydrogen) atoms. The third kappa shape index (κ3) is 2.91. The molecule has 138 valence electrons. The highest BCUT2D eigenvalue weighted by Crippen LogP contribution is 2.48. The average Bonchev–Trinajstić information content (AvgIpc) is 3.17. The van der Waals surface area contributed by atoms with Crippen LogP contribution in [0.15, 0.2) is 52.9 Å². The molecular formula is C20H14F3NO3. The lowest BCUT2D eigenvalue weighted by molar-refractivity contribution is -0.138. The molecule has 0 atom stereocenters. The number of anilines is 1. The lowest BCUT2D eigenvalue weighted by Crippen LogP contribution is -2.09. The molecular weight excluding hydrogens is 359 g/mol. The highest BCUT2D eigenvalue weighted by Gasteiger charge is 2.39. The Morgan fingerprint density at radius 1 is 0.926 bits per heavy atom. The van der Waals surface area contributed by atoms with Crippen LogP contribution in [0, 0.1) is 0 Å². The number of alkyl halides is 3. The molecule has 0 bridgehead atoms. The molecule has 0 amide bonds. The molecule has 0 unspecified atom stereocenters. The predicted molar refractivity (Wildman–Crippen MR) is 94.0 cm³/mol. The van der Waals surface area contributed by atoms with Crippen LogP contribution in [0.5, 0.6) is 11.5 Å². The van der Waals surface area contributed by atoms with Crippen LogP contribution in [-0.4, -0.2) is 10.2 Å². The van der Waals surface area contributed by atoms with Crippen molar-refractivity contribution in [3.8, 4) is 11.5 Å². The summed E-state index contributed by atoms with van der Waals surface area (Å²) in [6.07, 6.45) is -4.61. The number of phenolic OH excluding ortho intramolecular Hbond substituents is 2. The van der Waals surface area contributed by atoms with E-state index in [-0.39, 0.29) is 29.2 Å². The van der Waals surface area contributed by atoms with Gasteiger partial charge < -0.3 is 20.4 Å². The van der Waals surface area contributed by atoms with Crippen LogP contribution in [-0.2, 0) is 12.6 Å². The van der Waals surface area contributed by atoms with E-state index >= 15 is 0 Å². The van der Waals surface area contributed by atoms with Gasteiger partial charge in [-0.1, -0.05) is 12.1 Å². The van der Waals surface area contributed by atoms with E-state index in [0.29, 0.717) is 22.5 Å². The summed E-state index contributed by atoms with van der Waals surface area (Å²) in [5.41, 5.74) is 6.75. The maximum Gasteiger partial charge on any atom is 0.416 e. The second-order valence-electron chi connectivity index (χ2n) is 6.30. The Balaban J connectivity index is 1.99. The molecule has 0 fully saturated rings. The molecule has 0 aliphatic heterocycles. The lowest BCUT2D eigenvalue weighted by atomic mass is 9.98. The number of furan rings is 1. The van der Waals surface area contributed by atoms with E-state index in [0.717, 1.165) is 6.07 Å². The summed E-state index contributed by atoms with van der Waals surface area (Å²) in [6, 6.07) is 11.3. The first-order valence-corrected chi connectivity index (χ1v) is 8.05. The molecule has 7 heteroatoms. The lowest BCUT2D eigenvalue weighted by Gasteiger charge is -2.13. The summed E-state index contributed by atoms with van der Waals surface area (Å²) >= 11 is 0. The predicted octanol–water partition coefficient (Wildman–Crippen LogP) is 4.81. The smallest absolute Gasteiger partial charge is 0.416 e. The summed E-state index contributed by atoms with van der Waals surface area (Å²) in [4.78, 5) is 0. The summed E-state index contributed by atoms with van der Waals surface area (Å²) in [6.45, 7) is 0. The van der Waals surface area contributed by atoms with Gasteiger partial charge in [0.1, 0.15) is 17.3 Å². The zero-order valence-electron chi connectivity index (χ0n) is 13.8. The van der Waals surface area contributed by atoms with Crippen LogP contribution in [0.3, 0.4) is 0 Å². The van der Waals surface area contributed by atoms with E-state index in [1.807, 2.05) is 0 Å². The molecule has 2 aromatic carbocycles. The molecule has 0 radical (unpaired) electrons. The van der Waals surface area contributed by atoms with Crippen molar-refractivity contribution in [3.63, 3.8) is 0 Å². The van der Waals surface area contributed by atoms with Crippen molar-refractivity contribution in [1.82, 2.24) is 0 Å². The Hall–Kier alpha value is -3.35. The summed E-state index contributed by atoms with van der Waals surface area (Å²) < 4.78 is 46.1. The molecule has 1 aliphatic carbocycles. The minimum atomic E-state index is -4.61. The Morgan fingerprint density at radius 2 is 1.63 bits per heavy atom. The minimum Gasteiger partial charge on any atom is -0.508 e. The Kier molecular flexibility index (Phi) is 3.69. The van der Waals surface area contributed by atoms with Crippen LogP contribution in [0.4, 0.5) is 19.1 Å². The number of aromatic hydroxyl groups is 2. The minimum absolute atomic E-state index is 0.00513. The van der Waals surface area contributed by atoms with Crippen LogP contribution < -0.4 is 5.73 Å². The summed E-state index contributed by atoms with van der Waals surface area (Å²) in [7, 11) is 0. The number of halogens is 3. The second kappa shape index (κ2) is 5.84. The fourth-order valence-corrected chi connectivity index (χ4v) is 3.43. The van der Waals surface area contributed by atoms with E-state index in [9.17, 15) is 23.4 Å². The molecule has 1 heterocycles. The van der Waals surface area contributed by atoms with Gasteiger partial charge in [0.15, 0.2) is 5.88 Å². The van der Waals surface area contributed by atoms with Gasteiger partial charge in [-0.25, -0.2) is 0 Å². The van der Waals surface area contributed by atoms with E-state index in [2.05, 4.69) is 0 Å². The summed E-state index contributed by atoms with van der Waals surface area (Å²) in [5, 5.41) is 19.4. The van der Waals surface area contributed by atoms with Gasteiger partial charge in [-0.3, -0.25) is 0 Å². The van der Waals surface area contributed by atoms with Crippen LogP contribution in [0.25, 0.3) is 11.1 Å². The summed E-state index contributed by atoms with van der Waals surface area (Å²) in [5.74, 6) is 0.0117. The van der Waals surface area contributed by atoms with Crippen molar-refractivity contribution >= 4 is 17.0 Å². The Bertz CT molecular complexity index is 1060. The fourth-order valence-electron chi connectivity index (χ4n) is 3.43. The molecule has 4 rings (SSSR count). The first kappa shape index (κ1) is 17.1. The van der Waals surface area contributed by atoms with E-state index in [1.54, 1.807) is 18.2 Å². The number of allylic oxidation sites excluding steroid dienone is 1. The molecule has 0 spiro atoms. The van der Waals surface area contributed by atoms with Crippen molar-refractivity contribution in [2.75, 3.05) is 5.73 Å². The van der Waals surface area contributed by atoms with Crippen molar-refractivity contribution in [2.24, 2.45) is 0 Å². The zero-order chi connectivity index (χ0) is 19.3. The quantitative estimate of drug-likeness (QED) is 0.602. The molecule has 1 aromatic heterocycles. The zero-order valence-corrected chi connectivity index (χ0v) is 13.8. The van der Waals surface area contributed by atoms with Crippen molar-refractivity contribution in [3.05, 3.63) is 76.5 Å². The number of fused-ring (bicyclic) bond motifs is 1. The number of hydrogen-bond acceptors (Lipinski definition) is 4. The molecule has 4 nitrogen and oxygen atoms in total. The third-order valence-corrected chi connectivity index (χ3v) is 4.55. The number of nitrogens with two attached hydrogens (primary N) is 1. The second-order valence-corrected chi connectivity index (χ2v) is 6.30. The van der Waals surface area contributed by atoms with Crippen molar-refractivity contribution in [1.29, 1.82) is 0 Å².